The number of primary amides is 1. The third-order valence-electron chi connectivity index (χ3n) is 4.40. The van der Waals surface area contributed by atoms with E-state index in [0.29, 0.717) is 46.6 Å². The van der Waals surface area contributed by atoms with E-state index in [0.717, 1.165) is 0 Å². The van der Waals surface area contributed by atoms with Crippen LogP contribution in [0.1, 0.15) is 29.3 Å². The second kappa shape index (κ2) is 6.03. The highest BCUT2D eigenvalue weighted by Crippen LogP contribution is 2.42. The Morgan fingerprint density at radius 3 is 2.79 bits per heavy atom. The van der Waals surface area contributed by atoms with Crippen LogP contribution in [0.4, 0.5) is 4.79 Å². The number of pyridine rings is 1. The summed E-state index contributed by atoms with van der Waals surface area (Å²) >= 11 is 6.33. The summed E-state index contributed by atoms with van der Waals surface area (Å²) in [6, 6.07) is 5.22. The number of rotatable bonds is 3. The minimum absolute atomic E-state index is 0.165. The van der Waals surface area contributed by atoms with Gasteiger partial charge in [-0.1, -0.05) is 11.6 Å². The van der Waals surface area contributed by atoms with E-state index >= 15 is 0 Å². The van der Waals surface area contributed by atoms with Crippen molar-refractivity contribution in [2.75, 3.05) is 20.1 Å². The third-order valence-corrected chi connectivity index (χ3v) is 4.71. The number of carbonyl (C=O) groups is 2. The van der Waals surface area contributed by atoms with Crippen LogP contribution in [0.5, 0.6) is 0 Å². The van der Waals surface area contributed by atoms with Crippen molar-refractivity contribution >= 4 is 34.4 Å². The quantitative estimate of drug-likeness (QED) is 0.863. The Morgan fingerprint density at radius 1 is 1.46 bits per heavy atom. The van der Waals surface area contributed by atoms with Gasteiger partial charge in [-0.3, -0.25) is 9.78 Å². The Hall–Kier alpha value is -2.18. The van der Waals surface area contributed by atoms with Crippen molar-refractivity contribution in [3.05, 3.63) is 40.5 Å². The molecule has 1 atom stereocenters. The van der Waals surface area contributed by atoms with Crippen LogP contribution in [-0.2, 0) is 10.3 Å². The van der Waals surface area contributed by atoms with E-state index in [-0.39, 0.29) is 5.78 Å². The summed E-state index contributed by atoms with van der Waals surface area (Å²) in [6.07, 6.45) is 1.28. The maximum absolute atomic E-state index is 12.3. The van der Waals surface area contributed by atoms with E-state index in [1.54, 1.807) is 18.3 Å². The zero-order valence-electron chi connectivity index (χ0n) is 13.5. The number of benzene rings is 1. The first kappa shape index (κ1) is 16.7. The molecule has 0 bridgehead atoms. The molecule has 1 fully saturated rings. The fourth-order valence-electron chi connectivity index (χ4n) is 3.44. The molecule has 7 heteroatoms. The summed E-state index contributed by atoms with van der Waals surface area (Å²) < 4.78 is 5.56. The molecule has 1 aliphatic rings. The van der Waals surface area contributed by atoms with E-state index < -0.39 is 11.7 Å². The minimum atomic E-state index is -1.02. The van der Waals surface area contributed by atoms with Gasteiger partial charge in [0, 0.05) is 42.2 Å². The molecular weight excluding hydrogens is 330 g/mol. The molecule has 0 unspecified atom stereocenters. The van der Waals surface area contributed by atoms with Gasteiger partial charge in [-0.15, -0.1) is 0 Å². The number of hydrogen-bond donors (Lipinski definition) is 1. The molecule has 1 aromatic heterocycles. The van der Waals surface area contributed by atoms with Gasteiger partial charge in [0.05, 0.1) is 10.5 Å². The van der Waals surface area contributed by atoms with Crippen molar-refractivity contribution in [1.82, 2.24) is 9.88 Å². The molecule has 1 saturated heterocycles. The Kier molecular flexibility index (Phi) is 4.19. The zero-order chi connectivity index (χ0) is 17.5. The number of likely N-dealkylation sites (tertiary alicyclic amines) is 1. The van der Waals surface area contributed by atoms with E-state index in [1.165, 1.54) is 6.92 Å². The highest BCUT2D eigenvalue weighted by atomic mass is 35.5. The summed E-state index contributed by atoms with van der Waals surface area (Å²) in [4.78, 5) is 30.3. The fraction of sp³-hybridized carbons (Fsp3) is 0.353. The van der Waals surface area contributed by atoms with Gasteiger partial charge in [-0.25, -0.2) is 4.79 Å². The van der Waals surface area contributed by atoms with Gasteiger partial charge < -0.3 is 15.4 Å². The van der Waals surface area contributed by atoms with Crippen LogP contribution >= 0.6 is 11.6 Å². The third kappa shape index (κ3) is 2.72. The van der Waals surface area contributed by atoms with Crippen molar-refractivity contribution in [2.45, 2.75) is 18.9 Å². The van der Waals surface area contributed by atoms with Crippen LogP contribution in [0.2, 0.25) is 5.02 Å². The molecule has 3 rings (SSSR count). The van der Waals surface area contributed by atoms with Gasteiger partial charge in [0.1, 0.15) is 0 Å². The second-order valence-electron chi connectivity index (χ2n) is 6.14. The summed E-state index contributed by atoms with van der Waals surface area (Å²) in [5.74, 6) is -0.165. The summed E-state index contributed by atoms with van der Waals surface area (Å²) in [6.45, 7) is 2.60. The average Bonchev–Trinajstić information content (AvgIpc) is 2.87. The van der Waals surface area contributed by atoms with Gasteiger partial charge in [0.2, 0.25) is 0 Å². The van der Waals surface area contributed by atoms with Crippen LogP contribution in [0.25, 0.3) is 10.9 Å². The number of fused-ring (bicyclic) bond motifs is 1. The van der Waals surface area contributed by atoms with Crippen LogP contribution in [0.15, 0.2) is 24.4 Å². The molecule has 2 aromatic rings. The zero-order valence-corrected chi connectivity index (χ0v) is 14.3. The van der Waals surface area contributed by atoms with Crippen molar-refractivity contribution in [2.24, 2.45) is 5.73 Å². The molecule has 126 valence electrons. The molecule has 24 heavy (non-hydrogen) atoms. The molecular formula is C17H18ClN3O3. The summed E-state index contributed by atoms with van der Waals surface area (Å²) in [5, 5.41) is 1.15. The van der Waals surface area contributed by atoms with Crippen molar-refractivity contribution in [3.63, 3.8) is 0 Å². The lowest BCUT2D eigenvalue weighted by atomic mass is 9.85. The molecule has 1 aliphatic heterocycles. The largest absolute Gasteiger partial charge is 0.437 e. The van der Waals surface area contributed by atoms with Crippen LogP contribution in [0.3, 0.4) is 0 Å². The average molecular weight is 348 g/mol. The smallest absolute Gasteiger partial charge is 0.405 e. The fourth-order valence-corrected chi connectivity index (χ4v) is 3.70. The Balaban J connectivity index is 2.37. The molecule has 2 N–H and O–H groups in total. The number of ketones is 1. The number of Topliss-reactive ketones (excluding diaryl/α,β-unsaturated/α-hetero) is 1. The summed E-state index contributed by atoms with van der Waals surface area (Å²) in [7, 11) is 1.92. The maximum Gasteiger partial charge on any atom is 0.405 e. The minimum Gasteiger partial charge on any atom is -0.437 e. The first-order valence-electron chi connectivity index (χ1n) is 7.60. The van der Waals surface area contributed by atoms with Crippen LogP contribution in [0, 0.1) is 0 Å². The van der Waals surface area contributed by atoms with Gasteiger partial charge >= 0.3 is 6.09 Å². The lowest BCUT2D eigenvalue weighted by Crippen LogP contribution is -2.38. The maximum atomic E-state index is 12.3. The molecule has 6 nitrogen and oxygen atoms in total. The number of ether oxygens (including phenoxy) is 1. The molecule has 0 spiro atoms. The van der Waals surface area contributed by atoms with Gasteiger partial charge in [-0.2, -0.15) is 0 Å². The normalized spacial score (nSPS) is 21.1. The van der Waals surface area contributed by atoms with Gasteiger partial charge in [-0.05, 0) is 32.2 Å². The molecule has 0 saturated carbocycles. The van der Waals surface area contributed by atoms with Crippen molar-refractivity contribution in [3.8, 4) is 0 Å². The highest BCUT2D eigenvalue weighted by molar-refractivity contribution is 6.36. The number of nitrogens with two attached hydrogens (primary N) is 1. The first-order chi connectivity index (χ1) is 11.3. The molecule has 0 radical (unpaired) electrons. The lowest BCUT2D eigenvalue weighted by Gasteiger charge is -2.31. The Labute approximate surface area is 144 Å². The number of carbonyl (C=O) groups excluding carboxylic acids is 2. The number of likely N-dealkylation sites (N-methyl/N-ethyl adjacent to an activating group) is 1. The molecule has 2 heterocycles. The standard InChI is InChI=1S/C17H18ClN3O3/c1-10(22)12-8-13(18)11-4-3-6-20-15(11)14(12)17(24-16(19)23)5-7-21(2)9-17/h3-4,6,8H,5,7,9H2,1-2H3,(H2,19,23)/t17-/m1/s1. The summed E-state index contributed by atoms with van der Waals surface area (Å²) in [5.41, 5.74) is 5.86. The number of nitrogens with zero attached hydrogens (tertiary/aromatic N) is 2. The van der Waals surface area contributed by atoms with E-state index in [4.69, 9.17) is 22.1 Å². The monoisotopic (exact) mass is 347 g/mol. The Morgan fingerprint density at radius 2 is 2.21 bits per heavy atom. The Bertz CT molecular complexity index is 839. The number of aromatic nitrogens is 1. The number of hydrogen-bond acceptors (Lipinski definition) is 5. The lowest BCUT2D eigenvalue weighted by molar-refractivity contribution is 0.0224. The van der Waals surface area contributed by atoms with E-state index in [9.17, 15) is 9.59 Å². The topological polar surface area (TPSA) is 85.5 Å². The van der Waals surface area contributed by atoms with E-state index in [2.05, 4.69) is 4.98 Å². The SMILES string of the molecule is CC(=O)c1cc(Cl)c2cccnc2c1[C@@]1(OC(N)=O)CCN(C)C1. The molecule has 1 aromatic carbocycles. The predicted molar refractivity (Wildman–Crippen MR) is 91.2 cm³/mol. The van der Waals surface area contributed by atoms with Crippen molar-refractivity contribution < 1.29 is 14.3 Å². The predicted octanol–water partition coefficient (Wildman–Crippen LogP) is 2.72. The van der Waals surface area contributed by atoms with Gasteiger partial charge in [0.15, 0.2) is 11.4 Å². The molecule has 0 aliphatic carbocycles. The van der Waals surface area contributed by atoms with Crippen molar-refractivity contribution in [1.29, 1.82) is 0 Å². The van der Waals surface area contributed by atoms with Crippen LogP contribution in [-0.4, -0.2) is 41.9 Å². The highest BCUT2D eigenvalue weighted by Gasteiger charge is 2.45. The second-order valence-corrected chi connectivity index (χ2v) is 6.55. The first-order valence-corrected chi connectivity index (χ1v) is 7.97. The van der Waals surface area contributed by atoms with E-state index in [1.807, 2.05) is 18.0 Å². The molecule has 1 amide bonds. The number of amides is 1. The van der Waals surface area contributed by atoms with Crippen LogP contribution < -0.4 is 5.73 Å². The number of halogens is 1. The van der Waals surface area contributed by atoms with Gasteiger partial charge in [0.25, 0.3) is 0 Å².